The first-order valence-electron chi connectivity index (χ1n) is 4.44. The number of hydrogen-bond donors (Lipinski definition) is 1. The Bertz CT molecular complexity index is 433. The maximum absolute atomic E-state index is 4.16. The number of nitrogens with one attached hydrogen (secondary N) is 1. The highest BCUT2D eigenvalue weighted by molar-refractivity contribution is 5.40. The van der Waals surface area contributed by atoms with Gasteiger partial charge in [0.15, 0.2) is 0 Å². The van der Waals surface area contributed by atoms with Gasteiger partial charge in [0.2, 0.25) is 5.95 Å². The number of nitrogens with zero attached hydrogens (tertiary/aromatic N) is 3. The van der Waals surface area contributed by atoms with Crippen molar-refractivity contribution in [2.75, 3.05) is 12.4 Å². The number of rotatable bonds is 2. The topological polar surface area (TPSA) is 42.7 Å². The molecule has 0 saturated carbocycles. The fraction of sp³-hybridized carbons (Fsp3) is 0.200. The minimum Gasteiger partial charge on any atom is -0.358 e. The van der Waals surface area contributed by atoms with Crippen molar-refractivity contribution < 1.29 is 0 Å². The van der Waals surface area contributed by atoms with E-state index in [1.807, 2.05) is 37.1 Å². The van der Waals surface area contributed by atoms with E-state index in [2.05, 4.69) is 21.4 Å². The second-order valence-electron chi connectivity index (χ2n) is 3.09. The third kappa shape index (κ3) is 1.46. The van der Waals surface area contributed by atoms with Crippen molar-refractivity contribution in [1.29, 1.82) is 0 Å². The molecule has 0 aromatic carbocycles. The third-order valence-corrected chi connectivity index (χ3v) is 2.00. The highest BCUT2D eigenvalue weighted by Gasteiger charge is 2.02. The Balaban J connectivity index is 2.49. The van der Waals surface area contributed by atoms with Gasteiger partial charge >= 0.3 is 0 Å². The average molecular weight is 188 g/mol. The van der Waals surface area contributed by atoms with Crippen molar-refractivity contribution in [3.8, 4) is 5.69 Å². The maximum atomic E-state index is 4.16. The van der Waals surface area contributed by atoms with Gasteiger partial charge < -0.3 is 5.32 Å². The fourth-order valence-electron chi connectivity index (χ4n) is 1.37. The van der Waals surface area contributed by atoms with Crippen LogP contribution in [0.4, 0.5) is 5.95 Å². The molecule has 4 nitrogen and oxygen atoms in total. The van der Waals surface area contributed by atoms with Crippen LogP contribution in [-0.4, -0.2) is 21.6 Å². The highest BCUT2D eigenvalue weighted by atomic mass is 15.2. The standard InChI is InChI=1S/C10H12N4/c1-8-5-9(7-12-6-8)14-4-3-13-10(14)11-2/h3-7H,1-2H3,(H,11,13). The zero-order valence-electron chi connectivity index (χ0n) is 8.23. The largest absolute Gasteiger partial charge is 0.358 e. The summed E-state index contributed by atoms with van der Waals surface area (Å²) in [5, 5.41) is 3.02. The predicted molar refractivity (Wildman–Crippen MR) is 55.6 cm³/mol. The molecular weight excluding hydrogens is 176 g/mol. The van der Waals surface area contributed by atoms with E-state index in [1.54, 1.807) is 6.20 Å². The Labute approximate surface area is 82.6 Å². The lowest BCUT2D eigenvalue weighted by Gasteiger charge is -2.06. The fourth-order valence-corrected chi connectivity index (χ4v) is 1.37. The van der Waals surface area contributed by atoms with E-state index in [0.29, 0.717) is 0 Å². The Hall–Kier alpha value is -1.84. The molecule has 2 rings (SSSR count). The summed E-state index contributed by atoms with van der Waals surface area (Å²) in [5.41, 5.74) is 2.16. The first-order chi connectivity index (χ1) is 6.81. The number of imidazole rings is 1. The molecule has 0 spiro atoms. The van der Waals surface area contributed by atoms with Crippen LogP contribution in [0.1, 0.15) is 5.56 Å². The monoisotopic (exact) mass is 188 g/mol. The summed E-state index contributed by atoms with van der Waals surface area (Å²) in [4.78, 5) is 8.30. The molecule has 2 heterocycles. The zero-order chi connectivity index (χ0) is 9.97. The van der Waals surface area contributed by atoms with Gasteiger partial charge in [-0.2, -0.15) is 0 Å². The van der Waals surface area contributed by atoms with Gasteiger partial charge in [0.05, 0.1) is 11.9 Å². The van der Waals surface area contributed by atoms with Crippen LogP contribution in [0.2, 0.25) is 0 Å². The van der Waals surface area contributed by atoms with E-state index >= 15 is 0 Å². The smallest absolute Gasteiger partial charge is 0.207 e. The number of pyridine rings is 1. The third-order valence-electron chi connectivity index (χ3n) is 2.00. The van der Waals surface area contributed by atoms with Crippen LogP contribution in [0.5, 0.6) is 0 Å². The molecule has 0 atom stereocenters. The van der Waals surface area contributed by atoms with Gasteiger partial charge in [0.25, 0.3) is 0 Å². The summed E-state index contributed by atoms with van der Waals surface area (Å²) in [5.74, 6) is 0.817. The van der Waals surface area contributed by atoms with Crippen molar-refractivity contribution in [3.05, 3.63) is 36.4 Å². The minimum atomic E-state index is 0.817. The molecule has 2 aromatic rings. The lowest BCUT2D eigenvalue weighted by Crippen LogP contribution is -2.01. The maximum Gasteiger partial charge on any atom is 0.207 e. The molecule has 0 aliphatic rings. The quantitative estimate of drug-likeness (QED) is 0.778. The first kappa shape index (κ1) is 8.74. The van der Waals surface area contributed by atoms with E-state index in [4.69, 9.17) is 0 Å². The molecule has 0 fully saturated rings. The SMILES string of the molecule is CNc1nccn1-c1cncc(C)c1. The van der Waals surface area contributed by atoms with Gasteiger partial charge in [-0.1, -0.05) is 0 Å². The van der Waals surface area contributed by atoms with Gasteiger partial charge in [-0.15, -0.1) is 0 Å². The Kier molecular flexibility index (Phi) is 2.18. The molecule has 72 valence electrons. The predicted octanol–water partition coefficient (Wildman–Crippen LogP) is 1.62. The van der Waals surface area contributed by atoms with Crippen LogP contribution in [0, 0.1) is 6.92 Å². The lowest BCUT2D eigenvalue weighted by molar-refractivity contribution is 1.03. The molecule has 14 heavy (non-hydrogen) atoms. The van der Waals surface area contributed by atoms with E-state index in [-0.39, 0.29) is 0 Å². The molecule has 1 N–H and O–H groups in total. The minimum absolute atomic E-state index is 0.817. The summed E-state index contributed by atoms with van der Waals surface area (Å²) in [6.45, 7) is 2.02. The van der Waals surface area contributed by atoms with Crippen LogP contribution in [0.25, 0.3) is 5.69 Å². The summed E-state index contributed by atoms with van der Waals surface area (Å²) >= 11 is 0. The molecule has 0 aliphatic carbocycles. The lowest BCUT2D eigenvalue weighted by atomic mass is 10.3. The summed E-state index contributed by atoms with van der Waals surface area (Å²) < 4.78 is 1.96. The van der Waals surface area contributed by atoms with Crippen LogP contribution in [0.3, 0.4) is 0 Å². The Morgan fingerprint density at radius 3 is 2.93 bits per heavy atom. The molecule has 0 radical (unpaired) electrons. The van der Waals surface area contributed by atoms with E-state index in [9.17, 15) is 0 Å². The highest BCUT2D eigenvalue weighted by Crippen LogP contribution is 2.13. The number of hydrogen-bond acceptors (Lipinski definition) is 3. The Morgan fingerprint density at radius 2 is 2.21 bits per heavy atom. The molecule has 0 saturated heterocycles. The normalized spacial score (nSPS) is 10.1. The van der Waals surface area contributed by atoms with Gasteiger partial charge in [-0.25, -0.2) is 4.98 Å². The van der Waals surface area contributed by atoms with Crippen molar-refractivity contribution >= 4 is 5.95 Å². The number of aromatic nitrogens is 3. The average Bonchev–Trinajstić information content (AvgIpc) is 2.65. The van der Waals surface area contributed by atoms with Gasteiger partial charge in [-0.3, -0.25) is 9.55 Å². The molecule has 0 aliphatic heterocycles. The second kappa shape index (κ2) is 3.49. The summed E-state index contributed by atoms with van der Waals surface area (Å²) in [7, 11) is 1.85. The van der Waals surface area contributed by atoms with Gasteiger partial charge in [-0.05, 0) is 18.6 Å². The second-order valence-corrected chi connectivity index (χ2v) is 3.09. The van der Waals surface area contributed by atoms with Crippen LogP contribution < -0.4 is 5.32 Å². The van der Waals surface area contributed by atoms with Crippen LogP contribution in [0.15, 0.2) is 30.9 Å². The van der Waals surface area contributed by atoms with E-state index < -0.39 is 0 Å². The molecule has 0 bridgehead atoms. The van der Waals surface area contributed by atoms with Crippen molar-refractivity contribution in [2.45, 2.75) is 6.92 Å². The van der Waals surface area contributed by atoms with Crippen molar-refractivity contribution in [3.63, 3.8) is 0 Å². The zero-order valence-corrected chi connectivity index (χ0v) is 8.23. The van der Waals surface area contributed by atoms with Gasteiger partial charge in [0, 0.05) is 25.6 Å². The molecule has 0 unspecified atom stereocenters. The molecule has 4 heteroatoms. The van der Waals surface area contributed by atoms with Crippen LogP contribution in [-0.2, 0) is 0 Å². The molecule has 0 amide bonds. The van der Waals surface area contributed by atoms with Crippen molar-refractivity contribution in [1.82, 2.24) is 14.5 Å². The van der Waals surface area contributed by atoms with E-state index in [0.717, 1.165) is 17.2 Å². The van der Waals surface area contributed by atoms with Crippen LogP contribution >= 0.6 is 0 Å². The summed E-state index contributed by atoms with van der Waals surface area (Å²) in [6.07, 6.45) is 7.31. The number of anilines is 1. The van der Waals surface area contributed by atoms with Gasteiger partial charge in [0.1, 0.15) is 0 Å². The molecule has 2 aromatic heterocycles. The Morgan fingerprint density at radius 1 is 1.36 bits per heavy atom. The number of aryl methyl sites for hydroxylation is 1. The molecular formula is C10H12N4. The van der Waals surface area contributed by atoms with E-state index in [1.165, 1.54) is 0 Å². The van der Waals surface area contributed by atoms with Crippen molar-refractivity contribution in [2.24, 2.45) is 0 Å². The summed E-state index contributed by atoms with van der Waals surface area (Å²) in [6, 6.07) is 2.06. The first-order valence-corrected chi connectivity index (χ1v) is 4.44.